The molecule has 0 aliphatic heterocycles. The molecule has 0 aliphatic carbocycles. The van der Waals surface area contributed by atoms with Gasteiger partial charge in [0.15, 0.2) is 17.5 Å². The maximum Gasteiger partial charge on any atom is 0.194 e. The van der Waals surface area contributed by atoms with E-state index in [2.05, 4.69) is 21.2 Å². The molecule has 20 heavy (non-hydrogen) atoms. The van der Waals surface area contributed by atoms with Crippen LogP contribution in [0.4, 0.5) is 18.9 Å². The van der Waals surface area contributed by atoms with Crippen molar-refractivity contribution in [2.75, 3.05) is 5.32 Å². The summed E-state index contributed by atoms with van der Waals surface area (Å²) in [6.07, 6.45) is 0. The molecule has 1 atom stereocenters. The Hall–Kier alpha value is -2.00. The number of hydrogen-bond acceptors (Lipinski definition) is 2. The average molecular weight is 341 g/mol. The van der Waals surface area contributed by atoms with Gasteiger partial charge in [-0.25, -0.2) is 13.2 Å². The summed E-state index contributed by atoms with van der Waals surface area (Å²) >= 11 is 3.27. The standard InChI is InChI=1S/C14H8BrF3N2/c15-9-2-1-3-10(6-9)20-13(7-19)8-4-11(16)14(18)12(17)5-8/h1-6,13,20H. The van der Waals surface area contributed by atoms with E-state index in [1.807, 2.05) is 6.07 Å². The largest absolute Gasteiger partial charge is 0.366 e. The Balaban J connectivity index is 2.32. The van der Waals surface area contributed by atoms with Gasteiger partial charge < -0.3 is 5.32 Å². The van der Waals surface area contributed by atoms with Gasteiger partial charge in [-0.2, -0.15) is 5.26 Å². The molecule has 0 radical (unpaired) electrons. The maximum absolute atomic E-state index is 13.2. The molecule has 2 nitrogen and oxygen atoms in total. The summed E-state index contributed by atoms with van der Waals surface area (Å²) in [7, 11) is 0. The van der Waals surface area contributed by atoms with Gasteiger partial charge >= 0.3 is 0 Å². The van der Waals surface area contributed by atoms with Crippen molar-refractivity contribution in [1.29, 1.82) is 5.26 Å². The van der Waals surface area contributed by atoms with Crippen LogP contribution in [0.15, 0.2) is 40.9 Å². The SMILES string of the molecule is N#CC(Nc1cccc(Br)c1)c1cc(F)c(F)c(F)c1. The van der Waals surface area contributed by atoms with E-state index in [1.54, 1.807) is 24.3 Å². The summed E-state index contributed by atoms with van der Waals surface area (Å²) in [4.78, 5) is 0. The molecule has 6 heteroatoms. The number of nitrogens with one attached hydrogen (secondary N) is 1. The lowest BCUT2D eigenvalue weighted by atomic mass is 10.1. The van der Waals surface area contributed by atoms with E-state index in [0.717, 1.165) is 16.6 Å². The van der Waals surface area contributed by atoms with Gasteiger partial charge in [0.1, 0.15) is 6.04 Å². The molecule has 0 aromatic heterocycles. The second-order valence-electron chi connectivity index (χ2n) is 4.02. The highest BCUT2D eigenvalue weighted by Gasteiger charge is 2.17. The zero-order valence-electron chi connectivity index (χ0n) is 10.0. The molecule has 0 aliphatic rings. The number of benzene rings is 2. The Morgan fingerprint density at radius 3 is 2.30 bits per heavy atom. The highest BCUT2D eigenvalue weighted by atomic mass is 79.9. The monoisotopic (exact) mass is 340 g/mol. The number of halogens is 4. The Labute approximate surface area is 122 Å². The fourth-order valence-corrected chi connectivity index (χ4v) is 2.08. The molecule has 0 heterocycles. The molecule has 2 aromatic rings. The van der Waals surface area contributed by atoms with Crippen molar-refractivity contribution in [2.45, 2.75) is 6.04 Å². The minimum atomic E-state index is -1.55. The highest BCUT2D eigenvalue weighted by Crippen LogP contribution is 2.24. The summed E-state index contributed by atoms with van der Waals surface area (Å²) in [5.74, 6) is -4.19. The first-order valence-corrected chi connectivity index (χ1v) is 6.36. The Kier molecular flexibility index (Phi) is 4.30. The number of nitriles is 1. The molecule has 1 unspecified atom stereocenters. The van der Waals surface area contributed by atoms with E-state index in [1.165, 1.54) is 0 Å². The molecule has 2 rings (SSSR count). The van der Waals surface area contributed by atoms with Gasteiger partial charge in [0.05, 0.1) is 6.07 Å². The van der Waals surface area contributed by atoms with Gasteiger partial charge in [0.2, 0.25) is 0 Å². The van der Waals surface area contributed by atoms with Crippen LogP contribution in [-0.4, -0.2) is 0 Å². The predicted molar refractivity (Wildman–Crippen MR) is 72.4 cm³/mol. The van der Waals surface area contributed by atoms with Crippen molar-refractivity contribution in [3.05, 3.63) is 63.9 Å². The van der Waals surface area contributed by atoms with Gasteiger partial charge in [-0.3, -0.25) is 0 Å². The van der Waals surface area contributed by atoms with Gasteiger partial charge in [-0.05, 0) is 35.9 Å². The maximum atomic E-state index is 13.2. The minimum Gasteiger partial charge on any atom is -0.366 e. The molecular weight excluding hydrogens is 333 g/mol. The van der Waals surface area contributed by atoms with Crippen molar-refractivity contribution >= 4 is 21.6 Å². The first-order valence-electron chi connectivity index (χ1n) is 5.57. The van der Waals surface area contributed by atoms with E-state index in [9.17, 15) is 13.2 Å². The van der Waals surface area contributed by atoms with E-state index >= 15 is 0 Å². The number of nitrogens with zero attached hydrogens (tertiary/aromatic N) is 1. The topological polar surface area (TPSA) is 35.8 Å². The molecule has 0 fully saturated rings. The van der Waals surface area contributed by atoms with Gasteiger partial charge in [0, 0.05) is 10.2 Å². The first-order chi connectivity index (χ1) is 9.51. The van der Waals surface area contributed by atoms with Crippen LogP contribution < -0.4 is 5.32 Å². The first kappa shape index (κ1) is 14.4. The lowest BCUT2D eigenvalue weighted by Crippen LogP contribution is -2.10. The van der Waals surface area contributed by atoms with E-state index in [4.69, 9.17) is 5.26 Å². The molecule has 0 amide bonds. The zero-order valence-corrected chi connectivity index (χ0v) is 11.6. The van der Waals surface area contributed by atoms with Crippen LogP contribution in [0.5, 0.6) is 0 Å². The molecule has 0 saturated heterocycles. The lowest BCUT2D eigenvalue weighted by Gasteiger charge is -2.14. The Morgan fingerprint density at radius 1 is 1.10 bits per heavy atom. The molecule has 0 spiro atoms. The Bertz CT molecular complexity index is 659. The second-order valence-corrected chi connectivity index (χ2v) is 4.93. The zero-order chi connectivity index (χ0) is 14.7. The summed E-state index contributed by atoms with van der Waals surface area (Å²) in [6.45, 7) is 0. The van der Waals surface area contributed by atoms with Gasteiger partial charge in [0.25, 0.3) is 0 Å². The van der Waals surface area contributed by atoms with Crippen molar-refractivity contribution in [1.82, 2.24) is 0 Å². The lowest BCUT2D eigenvalue weighted by molar-refractivity contribution is 0.445. The van der Waals surface area contributed by atoms with Crippen LogP contribution in [0, 0.1) is 28.8 Å². The van der Waals surface area contributed by atoms with Crippen LogP contribution >= 0.6 is 15.9 Å². The number of rotatable bonds is 3. The second kappa shape index (κ2) is 5.97. The van der Waals surface area contributed by atoms with Crippen LogP contribution in [0.3, 0.4) is 0 Å². The quantitative estimate of drug-likeness (QED) is 0.832. The number of anilines is 1. The van der Waals surface area contributed by atoms with Gasteiger partial charge in [-0.15, -0.1) is 0 Å². The highest BCUT2D eigenvalue weighted by molar-refractivity contribution is 9.10. The Morgan fingerprint density at radius 2 is 1.75 bits per heavy atom. The molecule has 102 valence electrons. The van der Waals surface area contributed by atoms with E-state index in [-0.39, 0.29) is 5.56 Å². The van der Waals surface area contributed by atoms with Crippen LogP contribution in [-0.2, 0) is 0 Å². The third-order valence-corrected chi connectivity index (χ3v) is 3.10. The number of hydrogen-bond donors (Lipinski definition) is 1. The molecule has 0 saturated carbocycles. The third-order valence-electron chi connectivity index (χ3n) is 2.60. The van der Waals surface area contributed by atoms with Gasteiger partial charge in [-0.1, -0.05) is 22.0 Å². The summed E-state index contributed by atoms with van der Waals surface area (Å²) in [5.41, 5.74) is 0.611. The fourth-order valence-electron chi connectivity index (χ4n) is 1.68. The van der Waals surface area contributed by atoms with Crippen molar-refractivity contribution in [2.24, 2.45) is 0 Å². The molecule has 1 N–H and O–H groups in total. The molecular formula is C14H8BrF3N2. The van der Waals surface area contributed by atoms with Crippen molar-refractivity contribution < 1.29 is 13.2 Å². The van der Waals surface area contributed by atoms with Crippen LogP contribution in [0.25, 0.3) is 0 Å². The minimum absolute atomic E-state index is 0.0175. The third kappa shape index (κ3) is 3.11. The van der Waals surface area contributed by atoms with Crippen LogP contribution in [0.1, 0.15) is 11.6 Å². The normalized spacial score (nSPS) is 11.8. The smallest absolute Gasteiger partial charge is 0.194 e. The summed E-state index contributed by atoms with van der Waals surface area (Å²) in [5, 5.41) is 11.9. The predicted octanol–water partition coefficient (Wildman–Crippen LogP) is 4.54. The molecule has 0 bridgehead atoms. The molecule has 2 aromatic carbocycles. The summed E-state index contributed by atoms with van der Waals surface area (Å²) < 4.78 is 40.0. The van der Waals surface area contributed by atoms with Crippen molar-refractivity contribution in [3.8, 4) is 6.07 Å². The van der Waals surface area contributed by atoms with E-state index < -0.39 is 23.5 Å². The fraction of sp³-hybridized carbons (Fsp3) is 0.0714. The summed E-state index contributed by atoms with van der Waals surface area (Å²) in [6, 6.07) is 9.44. The average Bonchev–Trinajstić information content (AvgIpc) is 2.41. The van der Waals surface area contributed by atoms with Crippen molar-refractivity contribution in [3.63, 3.8) is 0 Å². The van der Waals surface area contributed by atoms with Crippen LogP contribution in [0.2, 0.25) is 0 Å². The van der Waals surface area contributed by atoms with E-state index in [0.29, 0.717) is 5.69 Å².